The van der Waals surface area contributed by atoms with E-state index in [9.17, 15) is 4.39 Å². The first-order chi connectivity index (χ1) is 7.00. The van der Waals surface area contributed by atoms with Crippen molar-refractivity contribution >= 4 is 0 Å². The van der Waals surface area contributed by atoms with Crippen LogP contribution in [0.3, 0.4) is 0 Å². The quantitative estimate of drug-likeness (QED) is 0.802. The number of rotatable bonds is 4. The number of halogens is 1. The second-order valence-electron chi connectivity index (χ2n) is 4.51. The van der Waals surface area contributed by atoms with Crippen molar-refractivity contribution in [1.29, 1.82) is 0 Å². The molecule has 0 amide bonds. The lowest BCUT2D eigenvalue weighted by atomic mass is 10.1. The maximum atomic E-state index is 13.4. The average molecular weight is 209 g/mol. The van der Waals surface area contributed by atoms with Crippen molar-refractivity contribution in [2.45, 2.75) is 40.3 Å². The summed E-state index contributed by atoms with van der Waals surface area (Å²) in [5, 5.41) is 3.33. The Morgan fingerprint density at radius 2 is 1.93 bits per heavy atom. The van der Waals surface area contributed by atoms with Gasteiger partial charge < -0.3 is 5.32 Å². The summed E-state index contributed by atoms with van der Waals surface area (Å²) >= 11 is 0. The molecule has 0 heterocycles. The lowest BCUT2D eigenvalue weighted by molar-refractivity contribution is 0.421. The molecule has 0 aliphatic heterocycles. The fourth-order valence-corrected chi connectivity index (χ4v) is 1.35. The Morgan fingerprint density at radius 3 is 2.53 bits per heavy atom. The van der Waals surface area contributed by atoms with Gasteiger partial charge in [-0.1, -0.05) is 31.5 Å². The fourth-order valence-electron chi connectivity index (χ4n) is 1.35. The van der Waals surface area contributed by atoms with Crippen molar-refractivity contribution < 1.29 is 4.39 Å². The third-order valence-corrected chi connectivity index (χ3v) is 2.82. The van der Waals surface area contributed by atoms with Gasteiger partial charge in [0.15, 0.2) is 0 Å². The smallest absolute Gasteiger partial charge is 0.127 e. The molecule has 15 heavy (non-hydrogen) atoms. The van der Waals surface area contributed by atoms with Gasteiger partial charge in [0.2, 0.25) is 0 Å². The molecule has 0 radical (unpaired) electrons. The zero-order valence-corrected chi connectivity index (χ0v) is 9.97. The maximum absolute atomic E-state index is 13.4. The summed E-state index contributed by atoms with van der Waals surface area (Å²) in [6.07, 6.45) is 0. The molecule has 2 heteroatoms. The second-order valence-corrected chi connectivity index (χ2v) is 4.51. The molecule has 0 aliphatic rings. The number of nitrogens with one attached hydrogen (secondary N) is 1. The summed E-state index contributed by atoms with van der Waals surface area (Å²) in [5.41, 5.74) is 1.85. The molecule has 1 N–H and O–H groups in total. The Balaban J connectivity index is 2.61. The van der Waals surface area contributed by atoms with Crippen molar-refractivity contribution in [3.63, 3.8) is 0 Å². The molecule has 1 unspecified atom stereocenters. The molecule has 0 aromatic heterocycles. The Morgan fingerprint density at radius 1 is 1.27 bits per heavy atom. The Hall–Kier alpha value is -0.890. The lowest BCUT2D eigenvalue weighted by Crippen LogP contribution is -2.30. The van der Waals surface area contributed by atoms with Crippen molar-refractivity contribution in [2.24, 2.45) is 5.92 Å². The van der Waals surface area contributed by atoms with E-state index in [0.717, 1.165) is 11.1 Å². The molecule has 1 atom stereocenters. The first kappa shape index (κ1) is 12.2. The van der Waals surface area contributed by atoms with Crippen LogP contribution >= 0.6 is 0 Å². The predicted octanol–water partition coefficient (Wildman–Crippen LogP) is 3.27. The minimum Gasteiger partial charge on any atom is -0.310 e. The largest absolute Gasteiger partial charge is 0.310 e. The average Bonchev–Trinajstić information content (AvgIpc) is 2.18. The van der Waals surface area contributed by atoms with Gasteiger partial charge in [0.05, 0.1) is 0 Å². The lowest BCUT2D eigenvalue weighted by Gasteiger charge is -2.17. The van der Waals surface area contributed by atoms with Crippen LogP contribution in [0.4, 0.5) is 4.39 Å². The number of benzene rings is 1. The predicted molar refractivity (Wildman–Crippen MR) is 62.3 cm³/mol. The topological polar surface area (TPSA) is 12.0 Å². The highest BCUT2D eigenvalue weighted by atomic mass is 19.1. The first-order valence-corrected chi connectivity index (χ1v) is 5.49. The van der Waals surface area contributed by atoms with Crippen LogP contribution < -0.4 is 5.32 Å². The van der Waals surface area contributed by atoms with Gasteiger partial charge in [-0.3, -0.25) is 0 Å². The van der Waals surface area contributed by atoms with Crippen LogP contribution in [-0.4, -0.2) is 6.04 Å². The van der Waals surface area contributed by atoms with Crippen LogP contribution in [0.1, 0.15) is 31.9 Å². The van der Waals surface area contributed by atoms with E-state index in [-0.39, 0.29) is 5.82 Å². The van der Waals surface area contributed by atoms with Gasteiger partial charge in [-0.2, -0.15) is 0 Å². The van der Waals surface area contributed by atoms with Gasteiger partial charge in [0.25, 0.3) is 0 Å². The van der Waals surface area contributed by atoms with Gasteiger partial charge in [0.1, 0.15) is 5.82 Å². The highest BCUT2D eigenvalue weighted by molar-refractivity contribution is 5.23. The summed E-state index contributed by atoms with van der Waals surface area (Å²) < 4.78 is 13.4. The van der Waals surface area contributed by atoms with Crippen LogP contribution in [0.15, 0.2) is 18.2 Å². The van der Waals surface area contributed by atoms with Crippen LogP contribution in [0.2, 0.25) is 0 Å². The molecular weight excluding hydrogens is 189 g/mol. The van der Waals surface area contributed by atoms with Crippen molar-refractivity contribution in [2.75, 3.05) is 0 Å². The van der Waals surface area contributed by atoms with Gasteiger partial charge in [-0.05, 0) is 25.8 Å². The van der Waals surface area contributed by atoms with Gasteiger partial charge in [-0.25, -0.2) is 4.39 Å². The molecule has 1 nitrogen and oxygen atoms in total. The van der Waals surface area contributed by atoms with Gasteiger partial charge >= 0.3 is 0 Å². The second kappa shape index (κ2) is 5.26. The summed E-state index contributed by atoms with van der Waals surface area (Å²) in [5.74, 6) is 0.446. The zero-order valence-electron chi connectivity index (χ0n) is 9.97. The van der Waals surface area contributed by atoms with E-state index in [1.165, 1.54) is 6.07 Å². The summed E-state index contributed by atoms with van der Waals surface area (Å²) in [7, 11) is 0. The van der Waals surface area contributed by atoms with E-state index >= 15 is 0 Å². The van der Waals surface area contributed by atoms with Crippen molar-refractivity contribution in [1.82, 2.24) is 5.32 Å². The molecule has 0 saturated heterocycles. The summed E-state index contributed by atoms with van der Waals surface area (Å²) in [6, 6.07) is 5.64. The number of aryl methyl sites for hydroxylation is 1. The molecular formula is C13H20FN. The standard InChI is InChI=1S/C13H20FN/c1-9(2)11(4)15-8-12-7-10(3)5-6-13(12)14/h5-7,9,11,15H,8H2,1-4H3. The molecule has 0 bridgehead atoms. The molecule has 1 aromatic rings. The summed E-state index contributed by atoms with van der Waals surface area (Å²) in [6.45, 7) is 9.02. The van der Waals surface area contributed by atoms with E-state index < -0.39 is 0 Å². The van der Waals surface area contributed by atoms with E-state index in [2.05, 4.69) is 26.1 Å². The highest BCUT2D eigenvalue weighted by Gasteiger charge is 2.07. The normalized spacial score (nSPS) is 13.2. The SMILES string of the molecule is Cc1ccc(F)c(CNC(C)C(C)C)c1. The van der Waals surface area contributed by atoms with Crippen molar-refractivity contribution in [3.05, 3.63) is 35.1 Å². The van der Waals surface area contributed by atoms with Crippen LogP contribution in [-0.2, 0) is 6.54 Å². The third kappa shape index (κ3) is 3.63. The monoisotopic (exact) mass is 209 g/mol. The Bertz CT molecular complexity index is 320. The Labute approximate surface area is 91.7 Å². The zero-order chi connectivity index (χ0) is 11.4. The van der Waals surface area contributed by atoms with Gasteiger partial charge in [0, 0.05) is 18.2 Å². The van der Waals surface area contributed by atoms with E-state index in [1.807, 2.05) is 13.0 Å². The van der Waals surface area contributed by atoms with Crippen molar-refractivity contribution in [3.8, 4) is 0 Å². The van der Waals surface area contributed by atoms with Crippen LogP contribution in [0, 0.1) is 18.7 Å². The minimum atomic E-state index is -0.121. The van der Waals surface area contributed by atoms with E-state index in [1.54, 1.807) is 6.07 Å². The number of hydrogen-bond donors (Lipinski definition) is 1. The van der Waals surface area contributed by atoms with Gasteiger partial charge in [-0.15, -0.1) is 0 Å². The number of hydrogen-bond acceptors (Lipinski definition) is 1. The molecule has 0 fully saturated rings. The maximum Gasteiger partial charge on any atom is 0.127 e. The minimum absolute atomic E-state index is 0.121. The van der Waals surface area contributed by atoms with Crippen LogP contribution in [0.25, 0.3) is 0 Å². The summed E-state index contributed by atoms with van der Waals surface area (Å²) in [4.78, 5) is 0. The highest BCUT2D eigenvalue weighted by Crippen LogP contribution is 2.10. The molecule has 84 valence electrons. The molecule has 0 spiro atoms. The third-order valence-electron chi connectivity index (χ3n) is 2.82. The fraction of sp³-hybridized carbons (Fsp3) is 0.538. The van der Waals surface area contributed by atoms with E-state index in [4.69, 9.17) is 0 Å². The molecule has 1 rings (SSSR count). The first-order valence-electron chi connectivity index (χ1n) is 5.49. The Kier molecular flexibility index (Phi) is 4.28. The van der Waals surface area contributed by atoms with E-state index in [0.29, 0.717) is 18.5 Å². The van der Waals surface area contributed by atoms with Crippen LogP contribution in [0.5, 0.6) is 0 Å². The molecule has 1 aromatic carbocycles. The molecule has 0 saturated carbocycles. The molecule has 0 aliphatic carbocycles.